The van der Waals surface area contributed by atoms with E-state index in [0.717, 1.165) is 30.0 Å². The van der Waals surface area contributed by atoms with E-state index in [9.17, 15) is 0 Å². The van der Waals surface area contributed by atoms with Crippen LogP contribution in [0.15, 0.2) is 0 Å². The second-order valence-corrected chi connectivity index (χ2v) is 6.98. The van der Waals surface area contributed by atoms with E-state index in [2.05, 4.69) is 37.9 Å². The first kappa shape index (κ1) is 14.3. The van der Waals surface area contributed by atoms with Crippen molar-refractivity contribution >= 4 is 0 Å². The Morgan fingerprint density at radius 1 is 0.944 bits per heavy atom. The summed E-state index contributed by atoms with van der Waals surface area (Å²) in [4.78, 5) is 2.62. The Morgan fingerprint density at radius 2 is 1.50 bits per heavy atom. The van der Waals surface area contributed by atoms with Gasteiger partial charge in [0, 0.05) is 18.1 Å². The number of nitrogens with zero attached hydrogens (tertiary/aromatic N) is 1. The maximum absolute atomic E-state index is 3.99. The van der Waals surface area contributed by atoms with E-state index in [1.54, 1.807) is 0 Å². The highest BCUT2D eigenvalue weighted by Crippen LogP contribution is 2.30. The van der Waals surface area contributed by atoms with Crippen LogP contribution in [0, 0.1) is 11.8 Å². The molecule has 1 aliphatic carbocycles. The molecule has 1 N–H and O–H groups in total. The molecule has 2 nitrogen and oxygen atoms in total. The molecule has 0 spiro atoms. The Balaban J connectivity index is 1.80. The van der Waals surface area contributed by atoms with Crippen molar-refractivity contribution < 1.29 is 0 Å². The molecule has 1 saturated heterocycles. The fourth-order valence-corrected chi connectivity index (χ4v) is 3.86. The lowest BCUT2D eigenvalue weighted by molar-refractivity contribution is 0.130. The van der Waals surface area contributed by atoms with E-state index in [1.807, 2.05) is 0 Å². The van der Waals surface area contributed by atoms with Gasteiger partial charge in [-0.3, -0.25) is 0 Å². The summed E-state index contributed by atoms with van der Waals surface area (Å²) in [6.07, 6.45) is 6.97. The zero-order chi connectivity index (χ0) is 13.1. The van der Waals surface area contributed by atoms with Gasteiger partial charge < -0.3 is 10.2 Å². The van der Waals surface area contributed by atoms with Gasteiger partial charge in [-0.05, 0) is 64.5 Å². The van der Waals surface area contributed by atoms with Gasteiger partial charge in [0.15, 0.2) is 0 Å². The van der Waals surface area contributed by atoms with Crippen LogP contribution in [-0.4, -0.2) is 36.1 Å². The van der Waals surface area contributed by atoms with Crippen molar-refractivity contribution in [3.8, 4) is 0 Å². The fraction of sp³-hybridized carbons (Fsp3) is 1.00. The average Bonchev–Trinajstić information content (AvgIpc) is 2.34. The average molecular weight is 252 g/mol. The van der Waals surface area contributed by atoms with Crippen LogP contribution in [0.1, 0.15) is 59.8 Å². The maximum Gasteiger partial charge on any atom is 0.0121 e. The summed E-state index contributed by atoms with van der Waals surface area (Å²) in [5, 5.41) is 3.99. The molecule has 1 saturated carbocycles. The summed E-state index contributed by atoms with van der Waals surface area (Å²) in [6, 6.07) is 2.26. The molecule has 0 bridgehead atoms. The molecule has 106 valence electrons. The zero-order valence-electron chi connectivity index (χ0n) is 12.8. The van der Waals surface area contributed by atoms with Crippen LogP contribution in [0.2, 0.25) is 0 Å². The fourth-order valence-electron chi connectivity index (χ4n) is 3.86. The van der Waals surface area contributed by atoms with Gasteiger partial charge in [-0.2, -0.15) is 0 Å². The maximum atomic E-state index is 3.99. The number of rotatable bonds is 3. The molecule has 2 aliphatic rings. The topological polar surface area (TPSA) is 15.3 Å². The Hall–Kier alpha value is -0.0800. The van der Waals surface area contributed by atoms with E-state index >= 15 is 0 Å². The smallest absolute Gasteiger partial charge is 0.0121 e. The van der Waals surface area contributed by atoms with Gasteiger partial charge in [-0.15, -0.1) is 0 Å². The van der Waals surface area contributed by atoms with Crippen LogP contribution in [-0.2, 0) is 0 Å². The molecule has 0 aromatic heterocycles. The van der Waals surface area contributed by atoms with Crippen LogP contribution in [0.5, 0.6) is 0 Å². The minimum Gasteiger partial charge on any atom is -0.311 e. The summed E-state index contributed by atoms with van der Waals surface area (Å²) in [5.74, 6) is 1.74. The Kier molecular flexibility index (Phi) is 5.08. The number of hydrogen-bond acceptors (Lipinski definition) is 2. The lowest BCUT2D eigenvalue weighted by atomic mass is 9.78. The molecule has 1 heterocycles. The minimum absolute atomic E-state index is 0.721. The highest BCUT2D eigenvalue weighted by Gasteiger charge is 2.30. The second kappa shape index (κ2) is 6.38. The third-order valence-electron chi connectivity index (χ3n) is 5.23. The van der Waals surface area contributed by atoms with Crippen LogP contribution in [0.25, 0.3) is 0 Å². The molecule has 0 aromatic rings. The number of piperidine rings is 1. The molecule has 0 amide bonds. The van der Waals surface area contributed by atoms with Gasteiger partial charge in [-0.25, -0.2) is 0 Å². The first-order chi connectivity index (χ1) is 8.58. The normalized spacial score (nSPS) is 36.2. The van der Waals surface area contributed by atoms with Crippen molar-refractivity contribution in [3.63, 3.8) is 0 Å². The summed E-state index contributed by atoms with van der Waals surface area (Å²) < 4.78 is 0. The summed E-state index contributed by atoms with van der Waals surface area (Å²) in [5.41, 5.74) is 0. The first-order valence-electron chi connectivity index (χ1n) is 8.08. The highest BCUT2D eigenvalue weighted by molar-refractivity contribution is 4.88. The molecule has 2 fully saturated rings. The van der Waals surface area contributed by atoms with E-state index in [-0.39, 0.29) is 0 Å². The van der Waals surface area contributed by atoms with Crippen molar-refractivity contribution in [1.82, 2.24) is 10.2 Å². The van der Waals surface area contributed by atoms with E-state index in [4.69, 9.17) is 0 Å². The van der Waals surface area contributed by atoms with E-state index in [1.165, 1.54) is 45.2 Å². The molecule has 0 radical (unpaired) electrons. The third-order valence-corrected chi connectivity index (χ3v) is 5.23. The molecular formula is C16H32N2. The van der Waals surface area contributed by atoms with Gasteiger partial charge in [0.25, 0.3) is 0 Å². The molecule has 2 atom stereocenters. The van der Waals surface area contributed by atoms with Crippen LogP contribution >= 0.6 is 0 Å². The Labute approximate surface area is 114 Å². The zero-order valence-corrected chi connectivity index (χ0v) is 12.8. The number of nitrogens with one attached hydrogen (secondary N) is 1. The molecule has 1 aliphatic heterocycles. The second-order valence-electron chi connectivity index (χ2n) is 6.98. The molecule has 2 heteroatoms. The van der Waals surface area contributed by atoms with Crippen molar-refractivity contribution in [1.29, 1.82) is 0 Å². The van der Waals surface area contributed by atoms with Gasteiger partial charge in [0.05, 0.1) is 0 Å². The lowest BCUT2D eigenvalue weighted by Crippen LogP contribution is -2.52. The number of likely N-dealkylation sites (tertiary alicyclic amines) is 1. The molecular weight excluding hydrogens is 220 g/mol. The molecule has 0 aromatic carbocycles. The highest BCUT2D eigenvalue weighted by atomic mass is 15.2. The van der Waals surface area contributed by atoms with Crippen LogP contribution in [0.4, 0.5) is 0 Å². The van der Waals surface area contributed by atoms with Crippen molar-refractivity contribution in [3.05, 3.63) is 0 Å². The van der Waals surface area contributed by atoms with Gasteiger partial charge in [0.1, 0.15) is 0 Å². The monoisotopic (exact) mass is 252 g/mol. The van der Waals surface area contributed by atoms with E-state index < -0.39 is 0 Å². The van der Waals surface area contributed by atoms with E-state index in [0.29, 0.717) is 0 Å². The summed E-state index contributed by atoms with van der Waals surface area (Å²) >= 11 is 0. The van der Waals surface area contributed by atoms with Crippen LogP contribution in [0.3, 0.4) is 0 Å². The van der Waals surface area contributed by atoms with Crippen LogP contribution < -0.4 is 5.32 Å². The van der Waals surface area contributed by atoms with Crippen molar-refractivity contribution in [2.24, 2.45) is 11.8 Å². The largest absolute Gasteiger partial charge is 0.311 e. The SMILES string of the molecule is CC1CCCC(C)C1NC1CCN(C(C)C)CC1. The Morgan fingerprint density at radius 3 is 2.00 bits per heavy atom. The quantitative estimate of drug-likeness (QED) is 0.829. The molecule has 2 rings (SSSR count). The number of hydrogen-bond donors (Lipinski definition) is 1. The standard InChI is InChI=1S/C16H32N2/c1-12(2)18-10-8-15(9-11-18)17-16-13(3)6-5-7-14(16)4/h12-17H,5-11H2,1-4H3. The first-order valence-corrected chi connectivity index (χ1v) is 8.08. The lowest BCUT2D eigenvalue weighted by Gasteiger charge is -2.41. The molecule has 18 heavy (non-hydrogen) atoms. The van der Waals surface area contributed by atoms with Gasteiger partial charge in [-0.1, -0.05) is 20.3 Å². The van der Waals surface area contributed by atoms with Gasteiger partial charge >= 0.3 is 0 Å². The predicted molar refractivity (Wildman–Crippen MR) is 78.8 cm³/mol. The predicted octanol–water partition coefficient (Wildman–Crippen LogP) is 3.27. The summed E-state index contributed by atoms with van der Waals surface area (Å²) in [6.45, 7) is 12.1. The minimum atomic E-state index is 0.721. The van der Waals surface area contributed by atoms with Crippen molar-refractivity contribution in [2.75, 3.05) is 13.1 Å². The summed E-state index contributed by atoms with van der Waals surface area (Å²) in [7, 11) is 0. The Bertz CT molecular complexity index is 233. The van der Waals surface area contributed by atoms with Crippen molar-refractivity contribution in [2.45, 2.75) is 77.9 Å². The third kappa shape index (κ3) is 3.48. The van der Waals surface area contributed by atoms with Gasteiger partial charge in [0.2, 0.25) is 0 Å². The molecule has 2 unspecified atom stereocenters.